The van der Waals surface area contributed by atoms with Crippen LogP contribution in [0.1, 0.15) is 0 Å². The molecule has 0 saturated heterocycles. The third kappa shape index (κ3) is 2.08. The highest BCUT2D eigenvalue weighted by molar-refractivity contribution is 5.85. The first-order valence-corrected chi connectivity index (χ1v) is 5.81. The summed E-state index contributed by atoms with van der Waals surface area (Å²) >= 11 is 0. The van der Waals surface area contributed by atoms with Gasteiger partial charge in [-0.2, -0.15) is 0 Å². The predicted molar refractivity (Wildman–Crippen MR) is 72.6 cm³/mol. The number of fused-ring (bicyclic) bond motifs is 1. The zero-order valence-electron chi connectivity index (χ0n) is 10.0. The highest BCUT2D eigenvalue weighted by Crippen LogP contribution is 2.32. The van der Waals surface area contributed by atoms with Gasteiger partial charge < -0.3 is 10.5 Å². The van der Waals surface area contributed by atoms with Gasteiger partial charge in [-0.15, -0.1) is 0 Å². The number of pyridine rings is 1. The fraction of sp³-hybridized carbons (Fsp3) is 0. The number of hydrogen-bond acceptors (Lipinski definition) is 3. The molecule has 0 aliphatic heterocycles. The molecule has 0 amide bonds. The van der Waals surface area contributed by atoms with Crippen LogP contribution in [0.3, 0.4) is 0 Å². The van der Waals surface area contributed by atoms with Gasteiger partial charge >= 0.3 is 0 Å². The molecule has 94 valence electrons. The number of ether oxygens (including phenoxy) is 1. The van der Waals surface area contributed by atoms with E-state index >= 15 is 0 Å². The van der Waals surface area contributed by atoms with E-state index in [1.807, 2.05) is 24.3 Å². The number of hydrogen-bond donors (Lipinski definition) is 1. The molecule has 0 bridgehead atoms. The van der Waals surface area contributed by atoms with Crippen LogP contribution in [0, 0.1) is 5.82 Å². The summed E-state index contributed by atoms with van der Waals surface area (Å²) in [6, 6.07) is 13.7. The van der Waals surface area contributed by atoms with Crippen molar-refractivity contribution in [1.29, 1.82) is 0 Å². The summed E-state index contributed by atoms with van der Waals surface area (Å²) < 4.78 is 19.1. The van der Waals surface area contributed by atoms with Gasteiger partial charge in [0.25, 0.3) is 0 Å². The van der Waals surface area contributed by atoms with Crippen LogP contribution in [0.25, 0.3) is 10.9 Å². The molecule has 19 heavy (non-hydrogen) atoms. The van der Waals surface area contributed by atoms with Gasteiger partial charge in [0.05, 0.1) is 5.52 Å². The number of nitrogen functional groups attached to an aromatic ring is 1. The summed E-state index contributed by atoms with van der Waals surface area (Å²) in [6.07, 6.45) is 1.71. The summed E-state index contributed by atoms with van der Waals surface area (Å²) in [5.74, 6) is 0.412. The molecule has 0 aliphatic rings. The molecule has 1 heterocycles. The van der Waals surface area contributed by atoms with Gasteiger partial charge in [0.2, 0.25) is 0 Å². The molecule has 0 atom stereocenters. The SMILES string of the molecule is Nc1c(F)cccc1Oc1cccc2ncccc12. The first kappa shape index (κ1) is 11.5. The Morgan fingerprint density at radius 2 is 1.74 bits per heavy atom. The first-order chi connectivity index (χ1) is 9.25. The third-order valence-electron chi connectivity index (χ3n) is 2.84. The van der Waals surface area contributed by atoms with E-state index in [1.165, 1.54) is 6.07 Å². The van der Waals surface area contributed by atoms with E-state index in [1.54, 1.807) is 24.4 Å². The van der Waals surface area contributed by atoms with Gasteiger partial charge in [0.1, 0.15) is 17.3 Å². The number of nitrogens with two attached hydrogens (primary N) is 1. The minimum absolute atomic E-state index is 0.00314. The Bertz CT molecular complexity index is 738. The monoisotopic (exact) mass is 254 g/mol. The van der Waals surface area contributed by atoms with Crippen LogP contribution in [0.15, 0.2) is 54.7 Å². The van der Waals surface area contributed by atoms with Crippen molar-refractivity contribution in [2.45, 2.75) is 0 Å². The molecule has 0 spiro atoms. The molecule has 4 heteroatoms. The molecule has 0 fully saturated rings. The molecule has 0 unspecified atom stereocenters. The number of aromatic nitrogens is 1. The van der Waals surface area contributed by atoms with Crippen molar-refractivity contribution in [2.24, 2.45) is 0 Å². The lowest BCUT2D eigenvalue weighted by molar-refractivity contribution is 0.485. The van der Waals surface area contributed by atoms with Gasteiger partial charge in [0, 0.05) is 11.6 Å². The third-order valence-corrected chi connectivity index (χ3v) is 2.84. The smallest absolute Gasteiger partial charge is 0.153 e. The van der Waals surface area contributed by atoms with Crippen molar-refractivity contribution in [3.8, 4) is 11.5 Å². The van der Waals surface area contributed by atoms with Crippen molar-refractivity contribution in [3.05, 3.63) is 60.5 Å². The van der Waals surface area contributed by atoms with E-state index < -0.39 is 5.82 Å². The largest absolute Gasteiger partial charge is 0.454 e. The van der Waals surface area contributed by atoms with Gasteiger partial charge in [-0.3, -0.25) is 4.98 Å². The van der Waals surface area contributed by atoms with Crippen LogP contribution in [0.4, 0.5) is 10.1 Å². The number of rotatable bonds is 2. The van der Waals surface area contributed by atoms with Crippen LogP contribution in [0.5, 0.6) is 11.5 Å². The molecule has 2 N–H and O–H groups in total. The molecule has 0 saturated carbocycles. The van der Waals surface area contributed by atoms with Gasteiger partial charge in [-0.05, 0) is 36.4 Å². The zero-order valence-corrected chi connectivity index (χ0v) is 10.0. The highest BCUT2D eigenvalue weighted by atomic mass is 19.1. The molecule has 3 rings (SSSR count). The van der Waals surface area contributed by atoms with Crippen molar-refractivity contribution in [1.82, 2.24) is 4.98 Å². The summed E-state index contributed by atoms with van der Waals surface area (Å²) in [5.41, 5.74) is 6.48. The van der Waals surface area contributed by atoms with Gasteiger partial charge in [0.15, 0.2) is 5.75 Å². The maximum atomic E-state index is 13.4. The zero-order chi connectivity index (χ0) is 13.2. The predicted octanol–water partition coefficient (Wildman–Crippen LogP) is 3.75. The van der Waals surface area contributed by atoms with E-state index in [9.17, 15) is 4.39 Å². The standard InChI is InChI=1S/C15H11FN2O/c16-11-5-1-8-14(15(11)17)19-13-7-2-6-12-10(13)4-3-9-18-12/h1-9H,17H2. The average molecular weight is 254 g/mol. The molecule has 1 aromatic heterocycles. The van der Waals surface area contributed by atoms with E-state index in [2.05, 4.69) is 4.98 Å². The van der Waals surface area contributed by atoms with Crippen molar-refractivity contribution < 1.29 is 9.13 Å². The van der Waals surface area contributed by atoms with E-state index in [-0.39, 0.29) is 5.69 Å². The van der Waals surface area contributed by atoms with Gasteiger partial charge in [-0.25, -0.2) is 4.39 Å². The first-order valence-electron chi connectivity index (χ1n) is 5.81. The summed E-state index contributed by atoms with van der Waals surface area (Å²) in [4.78, 5) is 4.24. The Balaban J connectivity index is 2.09. The number of nitrogens with zero attached hydrogens (tertiary/aromatic N) is 1. The minimum atomic E-state index is -0.490. The number of benzene rings is 2. The normalized spacial score (nSPS) is 10.6. The number of anilines is 1. The maximum absolute atomic E-state index is 13.4. The fourth-order valence-corrected chi connectivity index (χ4v) is 1.89. The Morgan fingerprint density at radius 1 is 0.947 bits per heavy atom. The van der Waals surface area contributed by atoms with Crippen LogP contribution in [-0.2, 0) is 0 Å². The van der Waals surface area contributed by atoms with E-state index in [0.29, 0.717) is 11.5 Å². The molecule has 3 aromatic rings. The van der Waals surface area contributed by atoms with Crippen LogP contribution in [-0.4, -0.2) is 4.98 Å². The number of para-hydroxylation sites is 1. The Kier molecular flexibility index (Phi) is 2.76. The van der Waals surface area contributed by atoms with Crippen LogP contribution >= 0.6 is 0 Å². The fourth-order valence-electron chi connectivity index (χ4n) is 1.89. The lowest BCUT2D eigenvalue weighted by Crippen LogP contribution is -1.95. The summed E-state index contributed by atoms with van der Waals surface area (Å²) in [7, 11) is 0. The minimum Gasteiger partial charge on any atom is -0.454 e. The molecule has 0 radical (unpaired) electrons. The maximum Gasteiger partial charge on any atom is 0.153 e. The van der Waals surface area contributed by atoms with Crippen molar-refractivity contribution >= 4 is 16.6 Å². The second-order valence-electron chi connectivity index (χ2n) is 4.08. The van der Waals surface area contributed by atoms with Crippen LogP contribution < -0.4 is 10.5 Å². The highest BCUT2D eigenvalue weighted by Gasteiger charge is 2.08. The lowest BCUT2D eigenvalue weighted by Gasteiger charge is -2.10. The number of halogens is 1. The topological polar surface area (TPSA) is 48.1 Å². The van der Waals surface area contributed by atoms with Crippen molar-refractivity contribution in [2.75, 3.05) is 5.73 Å². The molecule has 3 nitrogen and oxygen atoms in total. The van der Waals surface area contributed by atoms with E-state index in [0.717, 1.165) is 10.9 Å². The van der Waals surface area contributed by atoms with Gasteiger partial charge in [-0.1, -0.05) is 12.1 Å². The van der Waals surface area contributed by atoms with Crippen molar-refractivity contribution in [3.63, 3.8) is 0 Å². The Labute approximate surface area is 109 Å². The molecule has 0 aliphatic carbocycles. The average Bonchev–Trinajstić information content (AvgIpc) is 2.44. The molecule has 2 aromatic carbocycles. The summed E-state index contributed by atoms with van der Waals surface area (Å²) in [5, 5.41) is 0.855. The van der Waals surface area contributed by atoms with Crippen LogP contribution in [0.2, 0.25) is 0 Å². The second kappa shape index (κ2) is 4.57. The quantitative estimate of drug-likeness (QED) is 0.708. The second-order valence-corrected chi connectivity index (χ2v) is 4.08. The Morgan fingerprint density at radius 3 is 2.63 bits per heavy atom. The summed E-state index contributed by atoms with van der Waals surface area (Å²) in [6.45, 7) is 0. The lowest BCUT2D eigenvalue weighted by atomic mass is 10.2. The molecular weight excluding hydrogens is 243 g/mol. The molecular formula is C15H11FN2O. The Hall–Kier alpha value is -2.62. The van der Waals surface area contributed by atoms with E-state index in [4.69, 9.17) is 10.5 Å².